The summed E-state index contributed by atoms with van der Waals surface area (Å²) < 4.78 is 0. The van der Waals surface area contributed by atoms with Gasteiger partial charge in [0, 0.05) is 6.04 Å². The lowest BCUT2D eigenvalue weighted by Crippen LogP contribution is -2.28. The van der Waals surface area contributed by atoms with Gasteiger partial charge in [-0.25, -0.2) is 0 Å². The van der Waals surface area contributed by atoms with Crippen LogP contribution < -0.4 is 11.5 Å². The highest BCUT2D eigenvalue weighted by molar-refractivity contribution is 4.66. The van der Waals surface area contributed by atoms with Crippen molar-refractivity contribution in [1.29, 1.82) is 0 Å². The molecule has 0 heterocycles. The van der Waals surface area contributed by atoms with E-state index in [1.165, 1.54) is 0 Å². The molecule has 4 nitrogen and oxygen atoms in total. The first-order chi connectivity index (χ1) is 5.70. The molecule has 0 aliphatic carbocycles. The van der Waals surface area contributed by atoms with Gasteiger partial charge in [0.2, 0.25) is 0 Å². The van der Waals surface area contributed by atoms with Crippen molar-refractivity contribution in [2.45, 2.75) is 37.8 Å². The lowest BCUT2D eigenvalue weighted by Gasteiger charge is -2.13. The van der Waals surface area contributed by atoms with Crippen molar-refractivity contribution in [3.8, 4) is 0 Å². The normalized spacial score (nSPS) is 16.0. The molecule has 0 unspecified atom stereocenters. The van der Waals surface area contributed by atoms with Crippen LogP contribution in [0.5, 0.6) is 0 Å². The van der Waals surface area contributed by atoms with Crippen molar-refractivity contribution < 1.29 is 10.2 Å². The molecular weight excluding hydrogens is 156 g/mol. The van der Waals surface area contributed by atoms with Gasteiger partial charge in [0.05, 0.1) is 12.7 Å². The number of nitrogens with two attached hydrogens (primary N) is 2. The predicted octanol–water partition coefficient (Wildman–Crippen LogP) is -0.814. The Morgan fingerprint density at radius 2 is 1.92 bits per heavy atom. The third-order valence-electron chi connectivity index (χ3n) is 1.81. The summed E-state index contributed by atoms with van der Waals surface area (Å²) in [6.07, 6.45) is 2.64. The fourth-order valence-electron chi connectivity index (χ4n) is 1.09. The predicted molar refractivity (Wildman–Crippen MR) is 48.6 cm³/mol. The molecular formula is C8H20N2O2. The molecule has 4 heteroatoms. The van der Waals surface area contributed by atoms with Crippen LogP contribution in [-0.4, -0.2) is 35.5 Å². The fraction of sp³-hybridized carbons (Fsp3) is 1.00. The smallest absolute Gasteiger partial charge is 0.0785 e. The highest BCUT2D eigenvalue weighted by Gasteiger charge is 2.08. The van der Waals surface area contributed by atoms with Crippen LogP contribution in [0.1, 0.15) is 25.7 Å². The average Bonchev–Trinajstić information content (AvgIpc) is 2.05. The second kappa shape index (κ2) is 7.49. The molecule has 0 rings (SSSR count). The molecule has 0 aromatic rings. The summed E-state index contributed by atoms with van der Waals surface area (Å²) in [5.74, 6) is 0. The van der Waals surface area contributed by atoms with Crippen molar-refractivity contribution in [3.05, 3.63) is 0 Å². The molecule has 0 radical (unpaired) electrons. The molecule has 6 N–H and O–H groups in total. The Morgan fingerprint density at radius 1 is 1.25 bits per heavy atom. The van der Waals surface area contributed by atoms with Gasteiger partial charge in [0.1, 0.15) is 0 Å². The number of aliphatic hydroxyl groups excluding tert-OH is 2. The van der Waals surface area contributed by atoms with E-state index in [9.17, 15) is 0 Å². The highest BCUT2D eigenvalue weighted by Crippen LogP contribution is 2.04. The van der Waals surface area contributed by atoms with E-state index in [4.69, 9.17) is 21.7 Å². The Hall–Kier alpha value is -0.160. The van der Waals surface area contributed by atoms with Gasteiger partial charge in [-0.05, 0) is 25.8 Å². The molecule has 0 aliphatic heterocycles. The molecule has 12 heavy (non-hydrogen) atoms. The third kappa shape index (κ3) is 6.54. The topological polar surface area (TPSA) is 92.5 Å². The fourth-order valence-corrected chi connectivity index (χ4v) is 1.09. The zero-order valence-electron chi connectivity index (χ0n) is 7.45. The number of hydrogen-bond donors (Lipinski definition) is 4. The lowest BCUT2D eigenvalue weighted by atomic mass is 10.0. The summed E-state index contributed by atoms with van der Waals surface area (Å²) in [5.41, 5.74) is 11.0. The van der Waals surface area contributed by atoms with Crippen LogP contribution in [0.3, 0.4) is 0 Å². The molecule has 74 valence electrons. The van der Waals surface area contributed by atoms with Crippen LogP contribution in [0, 0.1) is 0 Å². The van der Waals surface area contributed by atoms with E-state index in [0.29, 0.717) is 13.0 Å². The highest BCUT2D eigenvalue weighted by atomic mass is 16.3. The second-order valence-electron chi connectivity index (χ2n) is 3.12. The van der Waals surface area contributed by atoms with E-state index in [-0.39, 0.29) is 12.6 Å². The summed E-state index contributed by atoms with van der Waals surface area (Å²) in [5, 5.41) is 17.6. The quantitative estimate of drug-likeness (QED) is 0.382. The number of rotatable bonds is 7. The van der Waals surface area contributed by atoms with E-state index in [0.717, 1.165) is 19.3 Å². The molecule has 0 amide bonds. The summed E-state index contributed by atoms with van der Waals surface area (Å²) in [7, 11) is 0. The molecule has 0 saturated heterocycles. The Morgan fingerprint density at radius 3 is 2.42 bits per heavy atom. The van der Waals surface area contributed by atoms with Gasteiger partial charge in [0.25, 0.3) is 0 Å². The average molecular weight is 176 g/mol. The van der Waals surface area contributed by atoms with Gasteiger partial charge in [-0.2, -0.15) is 0 Å². The molecule has 0 saturated carbocycles. The molecule has 2 atom stereocenters. The van der Waals surface area contributed by atoms with Gasteiger partial charge in [-0.3, -0.25) is 0 Å². The summed E-state index contributed by atoms with van der Waals surface area (Å²) in [6, 6.07) is -0.0151. The minimum atomic E-state index is -0.669. The zero-order valence-corrected chi connectivity index (χ0v) is 7.45. The maximum Gasteiger partial charge on any atom is 0.0785 e. The van der Waals surface area contributed by atoms with Crippen LogP contribution >= 0.6 is 0 Å². The molecule has 0 spiro atoms. The van der Waals surface area contributed by atoms with Gasteiger partial charge in [-0.1, -0.05) is 6.42 Å². The van der Waals surface area contributed by atoms with Crippen LogP contribution in [0.2, 0.25) is 0 Å². The summed E-state index contributed by atoms with van der Waals surface area (Å²) in [4.78, 5) is 0. The third-order valence-corrected chi connectivity index (χ3v) is 1.81. The standard InChI is InChI=1S/C8H20N2O2/c9-4-2-1-3-7(10)5-8(12)6-11/h7-8,11-12H,1-6,9-10H2/t7-,8-/m0/s1. The Labute approximate surface area is 73.6 Å². The van der Waals surface area contributed by atoms with Crippen molar-refractivity contribution >= 4 is 0 Å². The maximum absolute atomic E-state index is 9.03. The van der Waals surface area contributed by atoms with Crippen LogP contribution in [0.15, 0.2) is 0 Å². The van der Waals surface area contributed by atoms with E-state index in [1.54, 1.807) is 0 Å². The Kier molecular flexibility index (Phi) is 7.39. The molecule has 0 aromatic heterocycles. The van der Waals surface area contributed by atoms with Gasteiger partial charge >= 0.3 is 0 Å². The second-order valence-corrected chi connectivity index (χ2v) is 3.12. The molecule has 0 bridgehead atoms. The van der Waals surface area contributed by atoms with Gasteiger partial charge in [0.15, 0.2) is 0 Å². The number of aliphatic hydroxyl groups is 2. The number of hydrogen-bond acceptors (Lipinski definition) is 4. The van der Waals surface area contributed by atoms with E-state index < -0.39 is 6.10 Å². The first-order valence-corrected chi connectivity index (χ1v) is 4.45. The minimum Gasteiger partial charge on any atom is -0.394 e. The minimum absolute atomic E-state index is 0.0151. The van der Waals surface area contributed by atoms with Crippen LogP contribution in [0.4, 0.5) is 0 Å². The van der Waals surface area contributed by atoms with E-state index in [1.807, 2.05) is 0 Å². The van der Waals surface area contributed by atoms with E-state index in [2.05, 4.69) is 0 Å². The van der Waals surface area contributed by atoms with Crippen LogP contribution in [-0.2, 0) is 0 Å². The Balaban J connectivity index is 3.26. The van der Waals surface area contributed by atoms with Crippen molar-refractivity contribution in [2.24, 2.45) is 11.5 Å². The molecule has 0 aromatic carbocycles. The first kappa shape index (κ1) is 11.8. The summed E-state index contributed by atoms with van der Waals surface area (Å²) in [6.45, 7) is 0.486. The molecule has 0 aliphatic rings. The number of unbranched alkanes of at least 4 members (excludes halogenated alkanes) is 1. The molecule has 0 fully saturated rings. The SMILES string of the molecule is NCCCC[C@H](N)C[C@H](O)CO. The van der Waals surface area contributed by atoms with Crippen molar-refractivity contribution in [3.63, 3.8) is 0 Å². The monoisotopic (exact) mass is 176 g/mol. The van der Waals surface area contributed by atoms with Crippen LogP contribution in [0.25, 0.3) is 0 Å². The first-order valence-electron chi connectivity index (χ1n) is 4.45. The zero-order chi connectivity index (χ0) is 9.40. The van der Waals surface area contributed by atoms with Gasteiger partial charge < -0.3 is 21.7 Å². The summed E-state index contributed by atoms with van der Waals surface area (Å²) >= 11 is 0. The van der Waals surface area contributed by atoms with Crippen molar-refractivity contribution in [1.82, 2.24) is 0 Å². The largest absolute Gasteiger partial charge is 0.394 e. The maximum atomic E-state index is 9.03. The lowest BCUT2D eigenvalue weighted by molar-refractivity contribution is 0.0817. The van der Waals surface area contributed by atoms with Crippen molar-refractivity contribution in [2.75, 3.05) is 13.2 Å². The van der Waals surface area contributed by atoms with Gasteiger partial charge in [-0.15, -0.1) is 0 Å². The van der Waals surface area contributed by atoms with E-state index >= 15 is 0 Å². The Bertz CT molecular complexity index is 101.